The van der Waals surface area contributed by atoms with E-state index >= 15 is 0 Å². The monoisotopic (exact) mass is 502 g/mol. The van der Waals surface area contributed by atoms with Crippen molar-refractivity contribution < 1.29 is 4.74 Å². The minimum absolute atomic E-state index is 0.849. The molecule has 1 heteroatoms. The molecule has 0 fully saturated rings. The first-order valence-corrected chi connectivity index (χ1v) is 13.4. The van der Waals surface area contributed by atoms with Crippen LogP contribution in [0.3, 0.4) is 0 Å². The standard InChI is InChI=1S/C38H30O/c1-3-7-33(8-4-1)35-19-11-29(12-20-35)27-31-15-23-37(24-16-31)39-38-25-17-32(18-26-38)28-30-13-21-36(22-14-30)34-9-5-2-6-10-34/h1-26H,27-28H2. The van der Waals surface area contributed by atoms with Gasteiger partial charge in [-0.15, -0.1) is 0 Å². The van der Waals surface area contributed by atoms with Crippen molar-refractivity contribution in [2.75, 3.05) is 0 Å². The van der Waals surface area contributed by atoms with Gasteiger partial charge in [-0.25, -0.2) is 0 Å². The molecule has 1 nitrogen and oxygen atoms in total. The summed E-state index contributed by atoms with van der Waals surface area (Å²) in [5.41, 5.74) is 10.1. The Morgan fingerprint density at radius 1 is 0.282 bits per heavy atom. The Labute approximate surface area is 231 Å². The normalized spacial score (nSPS) is 10.8. The smallest absolute Gasteiger partial charge is 0.127 e. The van der Waals surface area contributed by atoms with Gasteiger partial charge in [0.2, 0.25) is 0 Å². The molecule has 0 N–H and O–H groups in total. The largest absolute Gasteiger partial charge is 0.457 e. The van der Waals surface area contributed by atoms with Crippen LogP contribution in [0.1, 0.15) is 22.3 Å². The van der Waals surface area contributed by atoms with Crippen LogP contribution in [0.5, 0.6) is 11.5 Å². The Balaban J connectivity index is 1.03. The van der Waals surface area contributed by atoms with E-state index in [1.165, 1.54) is 44.5 Å². The third-order valence-electron chi connectivity index (χ3n) is 7.02. The molecule has 0 aliphatic rings. The maximum absolute atomic E-state index is 6.12. The molecule has 0 radical (unpaired) electrons. The summed E-state index contributed by atoms with van der Waals surface area (Å²) < 4.78 is 6.12. The minimum Gasteiger partial charge on any atom is -0.457 e. The summed E-state index contributed by atoms with van der Waals surface area (Å²) in [6.45, 7) is 0. The van der Waals surface area contributed by atoms with E-state index in [0.29, 0.717) is 0 Å². The van der Waals surface area contributed by atoms with E-state index in [0.717, 1.165) is 24.3 Å². The van der Waals surface area contributed by atoms with Gasteiger partial charge in [0, 0.05) is 0 Å². The third-order valence-corrected chi connectivity index (χ3v) is 7.02. The highest BCUT2D eigenvalue weighted by Gasteiger charge is 2.04. The number of benzene rings is 6. The third kappa shape index (κ3) is 6.34. The summed E-state index contributed by atoms with van der Waals surface area (Å²) in [5.74, 6) is 1.70. The molecule has 6 aromatic rings. The first-order chi connectivity index (χ1) is 19.3. The van der Waals surface area contributed by atoms with Crippen LogP contribution < -0.4 is 4.74 Å². The van der Waals surface area contributed by atoms with E-state index in [9.17, 15) is 0 Å². The van der Waals surface area contributed by atoms with Crippen molar-refractivity contribution in [3.8, 4) is 33.8 Å². The molecular weight excluding hydrogens is 472 g/mol. The van der Waals surface area contributed by atoms with Crippen molar-refractivity contribution in [2.24, 2.45) is 0 Å². The van der Waals surface area contributed by atoms with Crippen molar-refractivity contribution in [2.45, 2.75) is 12.8 Å². The highest BCUT2D eigenvalue weighted by Crippen LogP contribution is 2.25. The summed E-state index contributed by atoms with van der Waals surface area (Å²) >= 11 is 0. The maximum Gasteiger partial charge on any atom is 0.127 e. The molecule has 6 rings (SSSR count). The van der Waals surface area contributed by atoms with Crippen molar-refractivity contribution in [3.63, 3.8) is 0 Å². The molecule has 0 atom stereocenters. The highest BCUT2D eigenvalue weighted by molar-refractivity contribution is 5.64. The van der Waals surface area contributed by atoms with Gasteiger partial charge in [-0.2, -0.15) is 0 Å². The SMILES string of the molecule is c1ccc(-c2ccc(Cc3ccc(Oc4ccc(Cc5ccc(-c6ccccc6)cc5)cc4)cc3)cc2)cc1. The van der Waals surface area contributed by atoms with Gasteiger partial charge < -0.3 is 4.74 Å². The van der Waals surface area contributed by atoms with Gasteiger partial charge in [0.15, 0.2) is 0 Å². The van der Waals surface area contributed by atoms with Crippen molar-refractivity contribution in [1.82, 2.24) is 0 Å². The fourth-order valence-electron chi connectivity index (χ4n) is 4.85. The Morgan fingerprint density at radius 2 is 0.564 bits per heavy atom. The quantitative estimate of drug-likeness (QED) is 0.201. The van der Waals surface area contributed by atoms with Gasteiger partial charge in [-0.3, -0.25) is 0 Å². The summed E-state index contributed by atoms with van der Waals surface area (Å²) in [6, 6.07) is 55.4. The van der Waals surface area contributed by atoms with Crippen LogP contribution in [0.25, 0.3) is 22.3 Å². The first kappa shape index (κ1) is 24.5. The maximum atomic E-state index is 6.12. The number of hydrogen-bond donors (Lipinski definition) is 0. The van der Waals surface area contributed by atoms with E-state index in [1.807, 2.05) is 12.1 Å². The van der Waals surface area contributed by atoms with E-state index in [-0.39, 0.29) is 0 Å². The fraction of sp³-hybridized carbons (Fsp3) is 0.0526. The van der Waals surface area contributed by atoms with E-state index < -0.39 is 0 Å². The second kappa shape index (κ2) is 11.7. The zero-order chi connectivity index (χ0) is 26.3. The second-order valence-corrected chi connectivity index (χ2v) is 9.87. The number of ether oxygens (including phenoxy) is 1. The molecule has 0 aromatic heterocycles. The highest BCUT2D eigenvalue weighted by atomic mass is 16.5. The minimum atomic E-state index is 0.849. The van der Waals surface area contributed by atoms with Crippen LogP contribution in [0.4, 0.5) is 0 Å². The number of hydrogen-bond acceptors (Lipinski definition) is 1. The Kier molecular flexibility index (Phi) is 7.32. The zero-order valence-corrected chi connectivity index (χ0v) is 21.8. The van der Waals surface area contributed by atoms with Gasteiger partial charge in [0.05, 0.1) is 0 Å². The van der Waals surface area contributed by atoms with Crippen LogP contribution >= 0.6 is 0 Å². The van der Waals surface area contributed by atoms with Crippen LogP contribution in [0.2, 0.25) is 0 Å². The lowest BCUT2D eigenvalue weighted by Crippen LogP contribution is -1.91. The van der Waals surface area contributed by atoms with Gasteiger partial charge in [0.25, 0.3) is 0 Å². The molecule has 0 aliphatic carbocycles. The molecule has 0 saturated heterocycles. The van der Waals surface area contributed by atoms with Crippen LogP contribution in [0, 0.1) is 0 Å². The van der Waals surface area contributed by atoms with Gasteiger partial charge in [0.1, 0.15) is 11.5 Å². The lowest BCUT2D eigenvalue weighted by atomic mass is 10.0. The molecule has 0 aliphatic heterocycles. The summed E-state index contributed by atoms with van der Waals surface area (Å²) in [4.78, 5) is 0. The topological polar surface area (TPSA) is 9.23 Å². The van der Waals surface area contributed by atoms with E-state index in [1.54, 1.807) is 0 Å². The average molecular weight is 503 g/mol. The summed E-state index contributed by atoms with van der Waals surface area (Å²) in [5, 5.41) is 0. The van der Waals surface area contributed by atoms with Crippen LogP contribution in [-0.2, 0) is 12.8 Å². The molecule has 188 valence electrons. The van der Waals surface area contributed by atoms with Crippen LogP contribution in [-0.4, -0.2) is 0 Å². The molecule has 39 heavy (non-hydrogen) atoms. The average Bonchev–Trinajstić information content (AvgIpc) is 3.01. The zero-order valence-electron chi connectivity index (χ0n) is 21.8. The summed E-state index contributed by atoms with van der Waals surface area (Å²) in [6.07, 6.45) is 1.80. The molecule has 0 heterocycles. The molecule has 0 unspecified atom stereocenters. The van der Waals surface area contributed by atoms with Crippen molar-refractivity contribution in [1.29, 1.82) is 0 Å². The van der Waals surface area contributed by atoms with Gasteiger partial charge in [-0.1, -0.05) is 133 Å². The second-order valence-electron chi connectivity index (χ2n) is 9.87. The Hall–Kier alpha value is -4.88. The predicted molar refractivity (Wildman–Crippen MR) is 162 cm³/mol. The lowest BCUT2D eigenvalue weighted by molar-refractivity contribution is 0.482. The number of rotatable bonds is 8. The van der Waals surface area contributed by atoms with Gasteiger partial charge >= 0.3 is 0 Å². The Morgan fingerprint density at radius 3 is 0.897 bits per heavy atom. The Bertz CT molecular complexity index is 1470. The molecule has 0 amide bonds. The molecule has 0 bridgehead atoms. The van der Waals surface area contributed by atoms with Gasteiger partial charge in [-0.05, 0) is 81.6 Å². The molecule has 6 aromatic carbocycles. The fourth-order valence-corrected chi connectivity index (χ4v) is 4.85. The van der Waals surface area contributed by atoms with E-state index in [2.05, 4.69) is 146 Å². The predicted octanol–water partition coefficient (Wildman–Crippen LogP) is 9.99. The van der Waals surface area contributed by atoms with E-state index in [4.69, 9.17) is 4.74 Å². The molecule has 0 spiro atoms. The first-order valence-electron chi connectivity index (χ1n) is 13.4. The molecule has 0 saturated carbocycles. The molecular formula is C38H30O. The summed E-state index contributed by atoms with van der Waals surface area (Å²) in [7, 11) is 0. The lowest BCUT2D eigenvalue weighted by Gasteiger charge is -2.09. The van der Waals surface area contributed by atoms with Crippen LogP contribution in [0.15, 0.2) is 158 Å². The van der Waals surface area contributed by atoms with Crippen molar-refractivity contribution in [3.05, 3.63) is 180 Å². The van der Waals surface area contributed by atoms with Crippen molar-refractivity contribution >= 4 is 0 Å².